The molecule has 2 fully saturated rings. The van der Waals surface area contributed by atoms with Gasteiger partial charge in [-0.05, 0) is 55.1 Å². The maximum absolute atomic E-state index is 4.19. The number of aromatic amines is 1. The van der Waals surface area contributed by atoms with Crippen molar-refractivity contribution in [3.05, 3.63) is 84.6 Å². The van der Waals surface area contributed by atoms with Crippen LogP contribution in [0.25, 0.3) is 16.6 Å². The molecule has 0 saturated carbocycles. The van der Waals surface area contributed by atoms with Gasteiger partial charge in [0.05, 0.1) is 6.33 Å². The zero-order chi connectivity index (χ0) is 20.8. The van der Waals surface area contributed by atoms with Crippen LogP contribution in [-0.4, -0.2) is 56.6 Å². The molecule has 2 aromatic carbocycles. The average Bonchev–Trinajstić information content (AvgIpc) is 3.57. The molecule has 2 aliphatic rings. The molecule has 158 valence electrons. The molecule has 5 nitrogen and oxygen atoms in total. The van der Waals surface area contributed by atoms with E-state index in [2.05, 4.69) is 86.1 Å². The second kappa shape index (κ2) is 7.66. The van der Waals surface area contributed by atoms with Gasteiger partial charge in [0.2, 0.25) is 0 Å². The lowest BCUT2D eigenvalue weighted by molar-refractivity contribution is 0.208. The van der Waals surface area contributed by atoms with E-state index in [0.29, 0.717) is 12.1 Å². The summed E-state index contributed by atoms with van der Waals surface area (Å²) in [6, 6.07) is 18.8. The molecule has 0 spiro atoms. The first kappa shape index (κ1) is 18.8. The number of hydrogen-bond donors (Lipinski definition) is 1. The number of hydrogen-bond acceptors (Lipinski definition) is 3. The smallest absolute Gasteiger partial charge is 0.0991 e. The number of nitrogens with one attached hydrogen (secondary N) is 1. The fourth-order valence-corrected chi connectivity index (χ4v) is 5.78. The second-order valence-electron chi connectivity index (χ2n) is 9.28. The fraction of sp³-hybridized carbons (Fsp3) is 0.346. The van der Waals surface area contributed by atoms with Gasteiger partial charge < -0.3 is 9.55 Å². The van der Waals surface area contributed by atoms with Crippen LogP contribution in [0.5, 0.6) is 0 Å². The number of fused-ring (bicyclic) bond motifs is 2. The van der Waals surface area contributed by atoms with Crippen molar-refractivity contribution in [2.75, 3.05) is 20.1 Å². The summed E-state index contributed by atoms with van der Waals surface area (Å²) >= 11 is 0. The Hall–Kier alpha value is -2.89. The Kier molecular flexibility index (Phi) is 4.66. The molecular weight excluding hydrogens is 382 g/mol. The van der Waals surface area contributed by atoms with Gasteiger partial charge in [0, 0.05) is 66.9 Å². The van der Waals surface area contributed by atoms with E-state index in [1.54, 1.807) is 0 Å². The quantitative estimate of drug-likeness (QED) is 0.537. The molecular formula is C26H29N5. The maximum atomic E-state index is 4.19. The molecule has 3 atom stereocenters. The van der Waals surface area contributed by atoms with Gasteiger partial charge in [0.1, 0.15) is 0 Å². The van der Waals surface area contributed by atoms with Gasteiger partial charge in [-0.1, -0.05) is 30.3 Å². The van der Waals surface area contributed by atoms with Crippen LogP contribution in [0.2, 0.25) is 0 Å². The summed E-state index contributed by atoms with van der Waals surface area (Å²) in [7, 11) is 2.34. The van der Waals surface area contributed by atoms with E-state index in [4.69, 9.17) is 0 Å². The number of rotatable bonds is 5. The summed E-state index contributed by atoms with van der Waals surface area (Å²) in [5, 5.41) is 1.34. The first-order valence-electron chi connectivity index (χ1n) is 11.3. The zero-order valence-electron chi connectivity index (χ0n) is 18.0. The van der Waals surface area contributed by atoms with Crippen LogP contribution in [0.3, 0.4) is 0 Å². The highest BCUT2D eigenvalue weighted by Crippen LogP contribution is 2.37. The van der Waals surface area contributed by atoms with Gasteiger partial charge >= 0.3 is 0 Å². The highest BCUT2D eigenvalue weighted by Gasteiger charge is 2.44. The molecule has 2 aliphatic heterocycles. The minimum atomic E-state index is 0.616. The molecule has 0 aliphatic carbocycles. The molecule has 6 rings (SSSR count). The van der Waals surface area contributed by atoms with Crippen molar-refractivity contribution in [3.63, 3.8) is 0 Å². The van der Waals surface area contributed by atoms with Crippen molar-refractivity contribution in [2.45, 2.75) is 31.5 Å². The third kappa shape index (κ3) is 3.48. The number of likely N-dealkylation sites (tertiary alicyclic amines) is 2. The van der Waals surface area contributed by atoms with Crippen molar-refractivity contribution in [3.8, 4) is 5.69 Å². The molecule has 31 heavy (non-hydrogen) atoms. The number of likely N-dealkylation sites (N-methyl/N-ethyl adjacent to an activating group) is 1. The molecule has 5 heteroatoms. The summed E-state index contributed by atoms with van der Waals surface area (Å²) in [6.07, 6.45) is 10.3. The van der Waals surface area contributed by atoms with Gasteiger partial charge in [-0.15, -0.1) is 0 Å². The van der Waals surface area contributed by atoms with Gasteiger partial charge in [-0.3, -0.25) is 9.80 Å². The second-order valence-corrected chi connectivity index (χ2v) is 9.28. The number of H-pyrrole nitrogens is 1. The monoisotopic (exact) mass is 411 g/mol. The Balaban J connectivity index is 1.16. The molecule has 4 heterocycles. The number of imidazole rings is 1. The lowest BCUT2D eigenvalue weighted by Gasteiger charge is -2.27. The largest absolute Gasteiger partial charge is 0.361 e. The summed E-state index contributed by atoms with van der Waals surface area (Å²) in [6.45, 7) is 3.48. The summed E-state index contributed by atoms with van der Waals surface area (Å²) in [4.78, 5) is 13.0. The van der Waals surface area contributed by atoms with Crippen molar-refractivity contribution in [2.24, 2.45) is 5.92 Å². The van der Waals surface area contributed by atoms with Crippen LogP contribution < -0.4 is 0 Å². The van der Waals surface area contributed by atoms with E-state index in [1.807, 2.05) is 18.7 Å². The Bertz CT molecular complexity index is 1160. The number of aromatic nitrogens is 3. The van der Waals surface area contributed by atoms with E-state index < -0.39 is 0 Å². The van der Waals surface area contributed by atoms with E-state index in [1.165, 1.54) is 47.2 Å². The van der Waals surface area contributed by atoms with Crippen LogP contribution in [0.4, 0.5) is 0 Å². The lowest BCUT2D eigenvalue weighted by Crippen LogP contribution is -2.37. The summed E-state index contributed by atoms with van der Waals surface area (Å²) < 4.78 is 2.07. The summed E-state index contributed by atoms with van der Waals surface area (Å²) in [5.41, 5.74) is 5.23. The molecule has 0 radical (unpaired) electrons. The lowest BCUT2D eigenvalue weighted by atomic mass is 9.98. The van der Waals surface area contributed by atoms with E-state index in [9.17, 15) is 0 Å². The predicted octanol–water partition coefficient (Wildman–Crippen LogP) is 4.10. The van der Waals surface area contributed by atoms with Crippen LogP contribution in [0.15, 0.2) is 73.4 Å². The van der Waals surface area contributed by atoms with E-state index >= 15 is 0 Å². The Morgan fingerprint density at radius 2 is 2.00 bits per heavy atom. The van der Waals surface area contributed by atoms with Crippen LogP contribution in [0, 0.1) is 5.92 Å². The van der Waals surface area contributed by atoms with Crippen LogP contribution in [-0.2, 0) is 13.0 Å². The van der Waals surface area contributed by atoms with Gasteiger partial charge in [0.15, 0.2) is 0 Å². The predicted molar refractivity (Wildman–Crippen MR) is 124 cm³/mol. The zero-order valence-corrected chi connectivity index (χ0v) is 18.0. The average molecular weight is 412 g/mol. The molecule has 2 saturated heterocycles. The van der Waals surface area contributed by atoms with Gasteiger partial charge in [-0.2, -0.15) is 0 Å². The fourth-order valence-electron chi connectivity index (χ4n) is 5.78. The normalized spacial score (nSPS) is 24.2. The minimum Gasteiger partial charge on any atom is -0.361 e. The van der Waals surface area contributed by atoms with Crippen LogP contribution in [0.1, 0.15) is 17.5 Å². The Morgan fingerprint density at radius 1 is 1.10 bits per heavy atom. The minimum absolute atomic E-state index is 0.616. The molecule has 1 N–H and O–H groups in total. The number of nitrogens with zero attached hydrogens (tertiary/aromatic N) is 4. The van der Waals surface area contributed by atoms with Gasteiger partial charge in [0.25, 0.3) is 0 Å². The first-order valence-corrected chi connectivity index (χ1v) is 11.3. The summed E-state index contributed by atoms with van der Waals surface area (Å²) in [5.74, 6) is 0.783. The van der Waals surface area contributed by atoms with Crippen LogP contribution >= 0.6 is 0 Å². The maximum Gasteiger partial charge on any atom is 0.0991 e. The van der Waals surface area contributed by atoms with Crippen molar-refractivity contribution < 1.29 is 0 Å². The first-order chi connectivity index (χ1) is 15.2. The molecule has 2 aromatic heterocycles. The van der Waals surface area contributed by atoms with Crippen molar-refractivity contribution >= 4 is 10.9 Å². The highest BCUT2D eigenvalue weighted by atomic mass is 15.3. The molecule has 0 unspecified atom stereocenters. The third-order valence-corrected chi connectivity index (χ3v) is 7.41. The Morgan fingerprint density at radius 3 is 2.81 bits per heavy atom. The van der Waals surface area contributed by atoms with Crippen molar-refractivity contribution in [1.29, 1.82) is 0 Å². The Labute approximate surface area is 183 Å². The topological polar surface area (TPSA) is 40.1 Å². The third-order valence-electron chi connectivity index (χ3n) is 7.41. The van der Waals surface area contributed by atoms with Crippen molar-refractivity contribution in [1.82, 2.24) is 24.3 Å². The van der Waals surface area contributed by atoms with E-state index in [-0.39, 0.29) is 0 Å². The molecule has 4 aromatic rings. The van der Waals surface area contributed by atoms with Gasteiger partial charge in [-0.25, -0.2) is 4.98 Å². The highest BCUT2D eigenvalue weighted by molar-refractivity contribution is 5.85. The number of benzene rings is 2. The standard InChI is InChI=1S/C26H29N5/c1-29-23(12-21-16-30(17-26(21)29)15-19-5-3-2-4-6-19)11-20-14-28-25-8-7-22(13-24(20)25)31-10-9-27-18-31/h2-10,13-14,18,21,23,26,28H,11-12,15-17H2,1H3/t21-,23+,26+/m0/s1. The molecule has 0 bridgehead atoms. The SMILES string of the molecule is CN1[C@H](Cc2c[nH]c3ccc(-n4ccnc4)cc23)C[C@H]2CN(Cc3ccccc3)C[C@H]21. The molecule has 0 amide bonds. The van der Waals surface area contributed by atoms with E-state index in [0.717, 1.165) is 18.9 Å².